The van der Waals surface area contributed by atoms with Gasteiger partial charge in [-0.25, -0.2) is 9.97 Å². The average molecular weight is 216 g/mol. The Bertz CT molecular complexity index is 486. The third kappa shape index (κ3) is 2.28. The molecule has 2 aromatic rings. The zero-order valence-corrected chi connectivity index (χ0v) is 8.92. The molecule has 2 rings (SSSR count). The molecular formula is C12H12N2O2. The number of phenols is 1. The molecular weight excluding hydrogens is 204 g/mol. The first-order valence-corrected chi connectivity index (χ1v) is 5.06. The van der Waals surface area contributed by atoms with Gasteiger partial charge in [0, 0.05) is 11.8 Å². The molecule has 1 heterocycles. The predicted octanol–water partition coefficient (Wildman–Crippen LogP) is 2.54. The molecule has 0 spiro atoms. The maximum Gasteiger partial charge on any atom is 0.222 e. The standard InChI is InChI=1S/C12H12N2O2/c1-2-9-7-12(14-8-13-9)16-11-6-4-3-5-10(11)15/h3-8,15H,2H2,1H3. The van der Waals surface area contributed by atoms with Crippen LogP contribution in [-0.2, 0) is 6.42 Å². The van der Waals surface area contributed by atoms with Gasteiger partial charge in [-0.05, 0) is 18.6 Å². The van der Waals surface area contributed by atoms with Crippen molar-refractivity contribution in [3.05, 3.63) is 42.4 Å². The highest BCUT2D eigenvalue weighted by atomic mass is 16.5. The Kier molecular flexibility index (Phi) is 3.00. The van der Waals surface area contributed by atoms with E-state index in [0.717, 1.165) is 12.1 Å². The summed E-state index contributed by atoms with van der Waals surface area (Å²) in [5.74, 6) is 0.927. The van der Waals surface area contributed by atoms with Gasteiger partial charge in [-0.1, -0.05) is 19.1 Å². The fourth-order valence-electron chi connectivity index (χ4n) is 1.28. The number of para-hydroxylation sites is 2. The van der Waals surface area contributed by atoms with Gasteiger partial charge in [-0.2, -0.15) is 0 Å². The van der Waals surface area contributed by atoms with Crippen LogP contribution in [0.15, 0.2) is 36.7 Å². The van der Waals surface area contributed by atoms with Crippen molar-refractivity contribution < 1.29 is 9.84 Å². The second-order valence-electron chi connectivity index (χ2n) is 3.27. The van der Waals surface area contributed by atoms with E-state index in [9.17, 15) is 5.11 Å². The van der Waals surface area contributed by atoms with Crippen LogP contribution in [0.1, 0.15) is 12.6 Å². The monoisotopic (exact) mass is 216 g/mol. The zero-order chi connectivity index (χ0) is 11.4. The smallest absolute Gasteiger partial charge is 0.222 e. The van der Waals surface area contributed by atoms with E-state index in [1.54, 1.807) is 30.3 Å². The first-order chi connectivity index (χ1) is 7.79. The molecule has 1 aromatic carbocycles. The SMILES string of the molecule is CCc1cc(Oc2ccccc2O)ncn1. The van der Waals surface area contributed by atoms with Crippen molar-refractivity contribution in [1.29, 1.82) is 0 Å². The third-order valence-corrected chi connectivity index (χ3v) is 2.14. The van der Waals surface area contributed by atoms with Crippen LogP contribution in [-0.4, -0.2) is 15.1 Å². The molecule has 0 aliphatic heterocycles. The lowest BCUT2D eigenvalue weighted by atomic mass is 10.3. The number of ether oxygens (including phenoxy) is 1. The number of aromatic nitrogens is 2. The first kappa shape index (κ1) is 10.4. The maximum atomic E-state index is 9.53. The van der Waals surface area contributed by atoms with E-state index in [-0.39, 0.29) is 5.75 Å². The lowest BCUT2D eigenvalue weighted by molar-refractivity contribution is 0.401. The van der Waals surface area contributed by atoms with Crippen LogP contribution in [0.5, 0.6) is 17.4 Å². The number of hydrogen-bond acceptors (Lipinski definition) is 4. The van der Waals surface area contributed by atoms with Gasteiger partial charge in [-0.15, -0.1) is 0 Å². The Morgan fingerprint density at radius 3 is 2.81 bits per heavy atom. The van der Waals surface area contributed by atoms with Crippen molar-refractivity contribution in [1.82, 2.24) is 9.97 Å². The van der Waals surface area contributed by atoms with Crippen LogP contribution < -0.4 is 4.74 Å². The second kappa shape index (κ2) is 4.61. The van der Waals surface area contributed by atoms with Crippen molar-refractivity contribution in [3.63, 3.8) is 0 Å². The Morgan fingerprint density at radius 2 is 2.06 bits per heavy atom. The molecule has 0 unspecified atom stereocenters. The van der Waals surface area contributed by atoms with Crippen molar-refractivity contribution in [2.75, 3.05) is 0 Å². The van der Waals surface area contributed by atoms with E-state index < -0.39 is 0 Å². The minimum Gasteiger partial charge on any atom is -0.504 e. The second-order valence-corrected chi connectivity index (χ2v) is 3.27. The average Bonchev–Trinajstić information content (AvgIpc) is 2.32. The molecule has 82 valence electrons. The molecule has 0 atom stereocenters. The Labute approximate surface area is 93.6 Å². The third-order valence-electron chi connectivity index (χ3n) is 2.14. The largest absolute Gasteiger partial charge is 0.504 e. The summed E-state index contributed by atoms with van der Waals surface area (Å²) in [6.07, 6.45) is 2.27. The van der Waals surface area contributed by atoms with Crippen molar-refractivity contribution in [2.45, 2.75) is 13.3 Å². The Balaban J connectivity index is 2.24. The topological polar surface area (TPSA) is 55.2 Å². The minimum absolute atomic E-state index is 0.0964. The quantitative estimate of drug-likeness (QED) is 0.856. The first-order valence-electron chi connectivity index (χ1n) is 5.06. The van der Waals surface area contributed by atoms with Gasteiger partial charge in [0.25, 0.3) is 0 Å². The van der Waals surface area contributed by atoms with Crippen LogP contribution >= 0.6 is 0 Å². The molecule has 1 aromatic heterocycles. The summed E-state index contributed by atoms with van der Waals surface area (Å²) in [5, 5.41) is 9.53. The van der Waals surface area contributed by atoms with E-state index in [1.807, 2.05) is 6.92 Å². The van der Waals surface area contributed by atoms with Crippen molar-refractivity contribution >= 4 is 0 Å². The normalized spacial score (nSPS) is 10.1. The highest BCUT2D eigenvalue weighted by Crippen LogP contribution is 2.28. The minimum atomic E-state index is 0.0964. The number of aryl methyl sites for hydroxylation is 1. The highest BCUT2D eigenvalue weighted by molar-refractivity contribution is 5.40. The fourth-order valence-corrected chi connectivity index (χ4v) is 1.28. The van der Waals surface area contributed by atoms with Gasteiger partial charge < -0.3 is 9.84 Å². The van der Waals surface area contributed by atoms with Gasteiger partial charge in [0.05, 0.1) is 0 Å². The molecule has 0 aliphatic carbocycles. The molecule has 4 heteroatoms. The van der Waals surface area contributed by atoms with Crippen LogP contribution in [0.4, 0.5) is 0 Å². The Hall–Kier alpha value is -2.10. The van der Waals surface area contributed by atoms with E-state index in [1.165, 1.54) is 6.33 Å². The molecule has 0 bridgehead atoms. The van der Waals surface area contributed by atoms with Crippen molar-refractivity contribution in [3.8, 4) is 17.4 Å². The maximum absolute atomic E-state index is 9.53. The summed E-state index contributed by atoms with van der Waals surface area (Å²) in [5.41, 5.74) is 0.903. The summed E-state index contributed by atoms with van der Waals surface area (Å²) >= 11 is 0. The van der Waals surface area contributed by atoms with Crippen molar-refractivity contribution in [2.24, 2.45) is 0 Å². The van der Waals surface area contributed by atoms with Crippen LogP contribution in [0.2, 0.25) is 0 Å². The lowest BCUT2D eigenvalue weighted by Crippen LogP contribution is -1.92. The predicted molar refractivity (Wildman–Crippen MR) is 59.6 cm³/mol. The molecule has 16 heavy (non-hydrogen) atoms. The zero-order valence-electron chi connectivity index (χ0n) is 8.92. The van der Waals surface area contributed by atoms with Gasteiger partial charge >= 0.3 is 0 Å². The number of rotatable bonds is 3. The number of aromatic hydroxyl groups is 1. The van der Waals surface area contributed by atoms with Gasteiger partial charge in [0.1, 0.15) is 6.33 Å². The Morgan fingerprint density at radius 1 is 1.25 bits per heavy atom. The molecule has 1 N–H and O–H groups in total. The van der Waals surface area contributed by atoms with Crippen LogP contribution in [0, 0.1) is 0 Å². The molecule has 0 radical (unpaired) electrons. The molecule has 0 saturated heterocycles. The van der Waals surface area contributed by atoms with E-state index in [0.29, 0.717) is 11.6 Å². The van der Waals surface area contributed by atoms with Gasteiger partial charge in [0.15, 0.2) is 11.5 Å². The summed E-state index contributed by atoms with van der Waals surface area (Å²) in [4.78, 5) is 8.05. The summed E-state index contributed by atoms with van der Waals surface area (Å²) in [6, 6.07) is 8.53. The highest BCUT2D eigenvalue weighted by Gasteiger charge is 2.04. The van der Waals surface area contributed by atoms with Gasteiger partial charge in [0.2, 0.25) is 5.88 Å². The molecule has 0 amide bonds. The van der Waals surface area contributed by atoms with Gasteiger partial charge in [-0.3, -0.25) is 0 Å². The molecule has 0 fully saturated rings. The van der Waals surface area contributed by atoms with E-state index in [4.69, 9.17) is 4.74 Å². The number of benzene rings is 1. The molecule has 0 saturated carbocycles. The number of nitrogens with zero attached hydrogens (tertiary/aromatic N) is 2. The van der Waals surface area contributed by atoms with E-state index >= 15 is 0 Å². The number of phenolic OH excluding ortho intramolecular Hbond substituents is 1. The lowest BCUT2D eigenvalue weighted by Gasteiger charge is -2.06. The fraction of sp³-hybridized carbons (Fsp3) is 0.167. The summed E-state index contributed by atoms with van der Waals surface area (Å²) in [6.45, 7) is 2.01. The number of hydrogen-bond donors (Lipinski definition) is 1. The van der Waals surface area contributed by atoms with Crippen LogP contribution in [0.25, 0.3) is 0 Å². The molecule has 4 nitrogen and oxygen atoms in total. The molecule has 0 aliphatic rings. The summed E-state index contributed by atoms with van der Waals surface area (Å²) < 4.78 is 5.45. The summed E-state index contributed by atoms with van der Waals surface area (Å²) in [7, 11) is 0. The van der Waals surface area contributed by atoms with E-state index in [2.05, 4.69) is 9.97 Å². The van der Waals surface area contributed by atoms with Crippen LogP contribution in [0.3, 0.4) is 0 Å².